The topological polar surface area (TPSA) is 74.7 Å². The molecule has 1 aromatic carbocycles. The third-order valence-corrected chi connectivity index (χ3v) is 4.46. The maximum absolute atomic E-state index is 14.5. The van der Waals surface area contributed by atoms with Gasteiger partial charge in [0.1, 0.15) is 17.1 Å². The van der Waals surface area contributed by atoms with Crippen LogP contribution in [0.3, 0.4) is 0 Å². The molecular weight excluding hydrogens is 337 g/mol. The number of aryl methyl sites for hydroxylation is 1. The molecule has 2 N–H and O–H groups in total. The molecule has 138 valence electrons. The van der Waals surface area contributed by atoms with E-state index in [1.165, 1.54) is 0 Å². The molecule has 3 rings (SSSR count). The van der Waals surface area contributed by atoms with Crippen molar-refractivity contribution in [2.24, 2.45) is 5.92 Å². The molecule has 1 aliphatic rings. The molecule has 0 unspecified atom stereocenters. The van der Waals surface area contributed by atoms with E-state index in [-0.39, 0.29) is 17.2 Å². The van der Waals surface area contributed by atoms with Gasteiger partial charge in [-0.2, -0.15) is 0 Å². The van der Waals surface area contributed by atoms with Gasteiger partial charge in [0.2, 0.25) is 0 Å². The molecule has 2 heterocycles. The number of halogens is 1. The highest BCUT2D eigenvalue weighted by molar-refractivity contribution is 5.94. The molecule has 6 nitrogen and oxygen atoms in total. The van der Waals surface area contributed by atoms with Crippen molar-refractivity contribution >= 4 is 23.3 Å². The Morgan fingerprint density at radius 3 is 2.77 bits per heavy atom. The Hall–Kier alpha value is -2.83. The predicted octanol–water partition coefficient (Wildman–Crippen LogP) is 3.83. The van der Waals surface area contributed by atoms with Crippen molar-refractivity contribution in [1.82, 2.24) is 4.98 Å². The lowest BCUT2D eigenvalue weighted by Crippen LogP contribution is -2.23. The quantitative estimate of drug-likeness (QED) is 0.845. The molecule has 26 heavy (non-hydrogen) atoms. The van der Waals surface area contributed by atoms with E-state index in [0.717, 1.165) is 18.1 Å². The lowest BCUT2D eigenvalue weighted by molar-refractivity contribution is 0.0697. The number of aromatic carboxylic acids is 1. The first-order valence-electron chi connectivity index (χ1n) is 8.49. The van der Waals surface area contributed by atoms with Crippen molar-refractivity contribution < 1.29 is 19.0 Å². The van der Waals surface area contributed by atoms with Gasteiger partial charge in [-0.3, -0.25) is 0 Å². The fourth-order valence-electron chi connectivity index (χ4n) is 3.16. The monoisotopic (exact) mass is 359 g/mol. The molecule has 2 aromatic rings. The molecule has 0 saturated carbocycles. The molecular formula is C19H22FN3O3. The van der Waals surface area contributed by atoms with E-state index in [1.807, 2.05) is 24.0 Å². The SMILES string of the molecule is COc1cc(C)cc(Nc2nc(N3CC[C@@H](C)C3)c(F)cc2C(=O)O)c1. The van der Waals surface area contributed by atoms with E-state index in [9.17, 15) is 14.3 Å². The Balaban J connectivity index is 2.01. The highest BCUT2D eigenvalue weighted by Gasteiger charge is 2.25. The zero-order chi connectivity index (χ0) is 18.8. The van der Waals surface area contributed by atoms with E-state index in [2.05, 4.69) is 17.2 Å². The minimum absolute atomic E-state index is 0.112. The fraction of sp³-hybridized carbons (Fsp3) is 0.368. The molecule has 1 aromatic heterocycles. The number of nitrogens with one attached hydrogen (secondary N) is 1. The minimum atomic E-state index is -1.24. The van der Waals surface area contributed by atoms with Crippen molar-refractivity contribution in [3.63, 3.8) is 0 Å². The van der Waals surface area contributed by atoms with Crippen LogP contribution in [-0.4, -0.2) is 36.3 Å². The van der Waals surface area contributed by atoms with Gasteiger partial charge in [-0.15, -0.1) is 0 Å². The summed E-state index contributed by atoms with van der Waals surface area (Å²) in [7, 11) is 1.56. The molecule has 1 fully saturated rings. The number of pyridine rings is 1. The van der Waals surface area contributed by atoms with Gasteiger partial charge in [0.25, 0.3) is 0 Å². The maximum Gasteiger partial charge on any atom is 0.339 e. The summed E-state index contributed by atoms with van der Waals surface area (Å²) < 4.78 is 19.7. The number of carboxylic acids is 1. The lowest BCUT2D eigenvalue weighted by atomic mass is 10.2. The summed E-state index contributed by atoms with van der Waals surface area (Å²) in [6, 6.07) is 6.47. The van der Waals surface area contributed by atoms with Crippen LogP contribution in [0, 0.1) is 18.7 Å². The molecule has 0 spiro atoms. The molecule has 1 aliphatic heterocycles. The Bertz CT molecular complexity index is 841. The number of carboxylic acid groups (broad SMARTS) is 1. The summed E-state index contributed by atoms with van der Waals surface area (Å²) in [5, 5.41) is 12.4. The largest absolute Gasteiger partial charge is 0.497 e. The van der Waals surface area contributed by atoms with Crippen molar-refractivity contribution in [2.75, 3.05) is 30.4 Å². The summed E-state index contributed by atoms with van der Waals surface area (Å²) >= 11 is 0. The normalized spacial score (nSPS) is 16.6. The van der Waals surface area contributed by atoms with Gasteiger partial charge in [0.15, 0.2) is 11.6 Å². The van der Waals surface area contributed by atoms with Gasteiger partial charge in [-0.25, -0.2) is 14.2 Å². The average molecular weight is 359 g/mol. The standard InChI is InChI=1S/C19H22FN3O3/c1-11-4-5-23(10-11)18-16(20)9-15(19(24)25)17(22-18)21-13-6-12(2)7-14(8-13)26-3/h6-9,11H,4-5,10H2,1-3H3,(H,21,22)(H,24,25)/t11-/m1/s1. The van der Waals surface area contributed by atoms with Gasteiger partial charge in [0.05, 0.1) is 7.11 Å². The number of ether oxygens (including phenoxy) is 1. The van der Waals surface area contributed by atoms with Gasteiger partial charge in [0, 0.05) is 24.8 Å². The number of carbonyl (C=O) groups is 1. The van der Waals surface area contributed by atoms with Crippen LogP contribution >= 0.6 is 0 Å². The summed E-state index contributed by atoms with van der Waals surface area (Å²) in [5.41, 5.74) is 1.36. The number of rotatable bonds is 5. The zero-order valence-corrected chi connectivity index (χ0v) is 15.0. The van der Waals surface area contributed by atoms with E-state index in [1.54, 1.807) is 13.2 Å². The van der Waals surface area contributed by atoms with Crippen LogP contribution < -0.4 is 15.0 Å². The first-order chi connectivity index (χ1) is 12.4. The van der Waals surface area contributed by atoms with Crippen molar-refractivity contribution in [1.29, 1.82) is 0 Å². The van der Waals surface area contributed by atoms with Gasteiger partial charge in [-0.1, -0.05) is 6.92 Å². The first-order valence-corrected chi connectivity index (χ1v) is 8.49. The van der Waals surface area contributed by atoms with Crippen LogP contribution in [0.25, 0.3) is 0 Å². The smallest absolute Gasteiger partial charge is 0.339 e. The second-order valence-electron chi connectivity index (χ2n) is 6.70. The molecule has 0 aliphatic carbocycles. The number of anilines is 3. The highest BCUT2D eigenvalue weighted by Crippen LogP contribution is 2.30. The van der Waals surface area contributed by atoms with E-state index < -0.39 is 11.8 Å². The van der Waals surface area contributed by atoms with Gasteiger partial charge < -0.3 is 20.1 Å². The first kappa shape index (κ1) is 18.0. The Morgan fingerprint density at radius 2 is 2.15 bits per heavy atom. The highest BCUT2D eigenvalue weighted by atomic mass is 19.1. The molecule has 1 atom stereocenters. The van der Waals surface area contributed by atoms with Crippen molar-refractivity contribution in [3.05, 3.63) is 41.2 Å². The van der Waals surface area contributed by atoms with Crippen LogP contribution in [0.15, 0.2) is 24.3 Å². The van der Waals surface area contributed by atoms with E-state index in [0.29, 0.717) is 30.4 Å². The Kier molecular flexibility index (Phi) is 4.97. The molecule has 0 bridgehead atoms. The maximum atomic E-state index is 14.5. The van der Waals surface area contributed by atoms with Crippen LogP contribution in [0.4, 0.5) is 21.7 Å². The second kappa shape index (κ2) is 7.19. The molecule has 7 heteroatoms. The number of methoxy groups -OCH3 is 1. The Morgan fingerprint density at radius 1 is 1.38 bits per heavy atom. The minimum Gasteiger partial charge on any atom is -0.497 e. The third-order valence-electron chi connectivity index (χ3n) is 4.46. The summed E-state index contributed by atoms with van der Waals surface area (Å²) in [6.45, 7) is 5.41. The van der Waals surface area contributed by atoms with Crippen LogP contribution in [0.1, 0.15) is 29.3 Å². The van der Waals surface area contributed by atoms with Crippen LogP contribution in [-0.2, 0) is 0 Å². The average Bonchev–Trinajstić information content (AvgIpc) is 3.01. The number of aromatic nitrogens is 1. The van der Waals surface area contributed by atoms with Crippen molar-refractivity contribution in [2.45, 2.75) is 20.3 Å². The zero-order valence-electron chi connectivity index (χ0n) is 15.0. The molecule has 0 radical (unpaired) electrons. The number of nitrogens with zero attached hydrogens (tertiary/aromatic N) is 2. The summed E-state index contributed by atoms with van der Waals surface area (Å²) in [4.78, 5) is 17.7. The van der Waals surface area contributed by atoms with Gasteiger partial charge >= 0.3 is 5.97 Å². The van der Waals surface area contributed by atoms with Crippen molar-refractivity contribution in [3.8, 4) is 5.75 Å². The lowest BCUT2D eigenvalue weighted by Gasteiger charge is -2.20. The fourth-order valence-corrected chi connectivity index (χ4v) is 3.16. The number of benzene rings is 1. The Labute approximate surface area is 151 Å². The van der Waals surface area contributed by atoms with E-state index >= 15 is 0 Å². The summed E-state index contributed by atoms with van der Waals surface area (Å²) in [5.74, 6) is -0.473. The number of hydrogen-bond donors (Lipinski definition) is 2. The number of hydrogen-bond acceptors (Lipinski definition) is 5. The molecule has 0 amide bonds. The van der Waals surface area contributed by atoms with Crippen LogP contribution in [0.5, 0.6) is 5.75 Å². The van der Waals surface area contributed by atoms with E-state index in [4.69, 9.17) is 4.74 Å². The molecule has 1 saturated heterocycles. The van der Waals surface area contributed by atoms with Gasteiger partial charge in [-0.05, 0) is 43.0 Å². The summed E-state index contributed by atoms with van der Waals surface area (Å²) in [6.07, 6.45) is 0.958. The third kappa shape index (κ3) is 3.71. The second-order valence-corrected chi connectivity index (χ2v) is 6.70. The predicted molar refractivity (Wildman–Crippen MR) is 98.2 cm³/mol. The van der Waals surface area contributed by atoms with Crippen LogP contribution in [0.2, 0.25) is 0 Å².